The fourth-order valence-electron chi connectivity index (χ4n) is 2.18. The molecule has 2 heterocycles. The summed E-state index contributed by atoms with van der Waals surface area (Å²) in [6, 6.07) is 6.36. The molecule has 0 aliphatic rings. The molecule has 1 aromatic carbocycles. The second-order valence-electron chi connectivity index (χ2n) is 4.89. The Hall–Kier alpha value is -2.51. The number of alkyl halides is 6. The van der Waals surface area contributed by atoms with E-state index in [-0.39, 0.29) is 17.3 Å². The van der Waals surface area contributed by atoms with E-state index in [1.165, 1.54) is 10.6 Å². The fourth-order valence-corrected chi connectivity index (χ4v) is 2.18. The van der Waals surface area contributed by atoms with Crippen LogP contribution >= 0.6 is 0 Å². The third-order valence-electron chi connectivity index (χ3n) is 3.25. The van der Waals surface area contributed by atoms with Crippen LogP contribution in [0.15, 0.2) is 48.8 Å². The molecule has 0 saturated carbocycles. The van der Waals surface area contributed by atoms with Crippen LogP contribution in [0.4, 0.5) is 26.3 Å². The molecule has 0 N–H and O–H groups in total. The SMILES string of the molecule is FC(F)(F)c1cc(-c2cn3ccccc3n2)cc(C(F)(F)F)c1. The molecule has 0 amide bonds. The summed E-state index contributed by atoms with van der Waals surface area (Å²) < 4.78 is 78.7. The van der Waals surface area contributed by atoms with Crippen molar-refractivity contribution in [1.82, 2.24) is 9.38 Å². The Labute approximate surface area is 126 Å². The van der Waals surface area contributed by atoms with Gasteiger partial charge in [-0.05, 0) is 30.3 Å². The predicted molar refractivity (Wildman–Crippen MR) is 70.6 cm³/mol. The monoisotopic (exact) mass is 330 g/mol. The van der Waals surface area contributed by atoms with Gasteiger partial charge in [0.2, 0.25) is 0 Å². The largest absolute Gasteiger partial charge is 0.416 e. The predicted octanol–water partition coefficient (Wildman–Crippen LogP) is 5.04. The van der Waals surface area contributed by atoms with Crippen LogP contribution < -0.4 is 0 Å². The maximum atomic E-state index is 12.9. The number of aromatic nitrogens is 2. The van der Waals surface area contributed by atoms with E-state index >= 15 is 0 Å². The van der Waals surface area contributed by atoms with E-state index in [9.17, 15) is 26.3 Å². The molecule has 23 heavy (non-hydrogen) atoms. The van der Waals surface area contributed by atoms with Crippen molar-refractivity contribution in [1.29, 1.82) is 0 Å². The summed E-state index contributed by atoms with van der Waals surface area (Å²) in [6.45, 7) is 0. The van der Waals surface area contributed by atoms with Crippen molar-refractivity contribution in [2.45, 2.75) is 12.4 Å². The van der Waals surface area contributed by atoms with Gasteiger partial charge in [-0.25, -0.2) is 4.98 Å². The molecule has 0 aliphatic heterocycles. The van der Waals surface area contributed by atoms with Gasteiger partial charge < -0.3 is 4.40 Å². The van der Waals surface area contributed by atoms with Crippen molar-refractivity contribution in [2.75, 3.05) is 0 Å². The lowest BCUT2D eigenvalue weighted by molar-refractivity contribution is -0.143. The van der Waals surface area contributed by atoms with Gasteiger partial charge in [0, 0.05) is 18.0 Å². The molecule has 0 saturated heterocycles. The molecule has 3 rings (SSSR count). The quantitative estimate of drug-likeness (QED) is 0.572. The lowest BCUT2D eigenvalue weighted by Gasteiger charge is -2.13. The van der Waals surface area contributed by atoms with Gasteiger partial charge in [0.05, 0.1) is 16.8 Å². The highest BCUT2D eigenvalue weighted by atomic mass is 19.4. The first-order valence-electron chi connectivity index (χ1n) is 6.38. The third kappa shape index (κ3) is 3.01. The van der Waals surface area contributed by atoms with Crippen LogP contribution in [-0.4, -0.2) is 9.38 Å². The van der Waals surface area contributed by atoms with Crippen LogP contribution in [-0.2, 0) is 12.4 Å². The van der Waals surface area contributed by atoms with Gasteiger partial charge in [-0.1, -0.05) is 6.07 Å². The summed E-state index contributed by atoms with van der Waals surface area (Å²) in [5.41, 5.74) is -2.50. The topological polar surface area (TPSA) is 17.3 Å². The number of benzene rings is 1. The average Bonchev–Trinajstić information content (AvgIpc) is 2.89. The van der Waals surface area contributed by atoms with E-state index < -0.39 is 23.5 Å². The van der Waals surface area contributed by atoms with Crippen LogP contribution in [0.1, 0.15) is 11.1 Å². The number of hydrogen-bond donors (Lipinski definition) is 0. The fraction of sp³-hybridized carbons (Fsp3) is 0.133. The zero-order valence-electron chi connectivity index (χ0n) is 11.3. The van der Waals surface area contributed by atoms with Crippen LogP contribution in [0.2, 0.25) is 0 Å². The first-order chi connectivity index (χ1) is 10.6. The summed E-state index contributed by atoms with van der Waals surface area (Å²) in [4.78, 5) is 4.06. The zero-order chi connectivity index (χ0) is 16.8. The highest BCUT2D eigenvalue weighted by molar-refractivity contribution is 5.64. The van der Waals surface area contributed by atoms with Crippen LogP contribution in [0.25, 0.3) is 16.9 Å². The number of halogens is 6. The molecule has 0 unspecified atom stereocenters. The first kappa shape index (κ1) is 15.4. The third-order valence-corrected chi connectivity index (χ3v) is 3.25. The molecule has 0 aliphatic carbocycles. The zero-order valence-corrected chi connectivity index (χ0v) is 11.3. The van der Waals surface area contributed by atoms with Gasteiger partial charge in [-0.3, -0.25) is 0 Å². The van der Waals surface area contributed by atoms with Crippen LogP contribution in [0.5, 0.6) is 0 Å². The van der Waals surface area contributed by atoms with Gasteiger partial charge in [-0.15, -0.1) is 0 Å². The van der Waals surface area contributed by atoms with Gasteiger partial charge >= 0.3 is 12.4 Å². The standard InChI is InChI=1S/C15H8F6N2/c16-14(17,18)10-5-9(6-11(7-10)15(19,20)21)12-8-23-4-2-1-3-13(23)22-12/h1-8H. The summed E-state index contributed by atoms with van der Waals surface area (Å²) in [7, 11) is 0. The number of nitrogens with zero attached hydrogens (tertiary/aromatic N) is 2. The molecular formula is C15H8F6N2. The molecule has 3 aromatic rings. The van der Waals surface area contributed by atoms with Crippen molar-refractivity contribution < 1.29 is 26.3 Å². The molecule has 0 spiro atoms. The highest BCUT2D eigenvalue weighted by Crippen LogP contribution is 2.38. The smallest absolute Gasteiger partial charge is 0.306 e. The van der Waals surface area contributed by atoms with Crippen molar-refractivity contribution >= 4 is 5.65 Å². The molecular weight excluding hydrogens is 322 g/mol. The minimum Gasteiger partial charge on any atom is -0.306 e. The van der Waals surface area contributed by atoms with Gasteiger partial charge in [0.25, 0.3) is 0 Å². The van der Waals surface area contributed by atoms with E-state index in [0.717, 1.165) is 0 Å². The number of hydrogen-bond acceptors (Lipinski definition) is 1. The van der Waals surface area contributed by atoms with E-state index in [0.29, 0.717) is 17.8 Å². The van der Waals surface area contributed by atoms with Gasteiger partial charge in [-0.2, -0.15) is 26.3 Å². The van der Waals surface area contributed by atoms with E-state index in [4.69, 9.17) is 0 Å². The Balaban J connectivity index is 2.21. The second-order valence-corrected chi connectivity index (χ2v) is 4.89. The van der Waals surface area contributed by atoms with Gasteiger partial charge in [0.15, 0.2) is 0 Å². The second kappa shape index (κ2) is 5.00. The molecule has 2 aromatic heterocycles. The maximum absolute atomic E-state index is 12.9. The van der Waals surface area contributed by atoms with Crippen molar-refractivity contribution in [3.05, 3.63) is 59.9 Å². The average molecular weight is 330 g/mol. The maximum Gasteiger partial charge on any atom is 0.416 e. The number of imidazole rings is 1. The van der Waals surface area contributed by atoms with Crippen molar-refractivity contribution in [3.8, 4) is 11.3 Å². The summed E-state index contributed by atoms with van der Waals surface area (Å²) in [5, 5.41) is 0. The number of fused-ring (bicyclic) bond motifs is 1. The molecule has 0 radical (unpaired) electrons. The summed E-state index contributed by atoms with van der Waals surface area (Å²) in [5.74, 6) is 0. The normalized spacial score (nSPS) is 12.8. The van der Waals surface area contributed by atoms with E-state index in [1.54, 1.807) is 24.4 Å². The molecule has 0 atom stereocenters. The lowest BCUT2D eigenvalue weighted by Crippen LogP contribution is -2.11. The van der Waals surface area contributed by atoms with Crippen LogP contribution in [0.3, 0.4) is 0 Å². The lowest BCUT2D eigenvalue weighted by atomic mass is 10.0. The molecule has 0 bridgehead atoms. The van der Waals surface area contributed by atoms with Crippen molar-refractivity contribution in [3.63, 3.8) is 0 Å². The Morgan fingerprint density at radius 2 is 1.43 bits per heavy atom. The Morgan fingerprint density at radius 3 is 1.96 bits per heavy atom. The molecule has 0 fully saturated rings. The molecule has 2 nitrogen and oxygen atoms in total. The number of pyridine rings is 1. The Bertz CT molecular complexity index is 795. The molecule has 8 heteroatoms. The molecule has 120 valence electrons. The minimum atomic E-state index is -4.88. The summed E-state index contributed by atoms with van der Waals surface area (Å²) >= 11 is 0. The Morgan fingerprint density at radius 1 is 0.826 bits per heavy atom. The minimum absolute atomic E-state index is 0.0350. The van der Waals surface area contributed by atoms with Crippen LogP contribution in [0, 0.1) is 0 Å². The van der Waals surface area contributed by atoms with Crippen molar-refractivity contribution in [2.24, 2.45) is 0 Å². The highest BCUT2D eigenvalue weighted by Gasteiger charge is 2.37. The van der Waals surface area contributed by atoms with E-state index in [1.807, 2.05) is 0 Å². The van der Waals surface area contributed by atoms with E-state index in [2.05, 4.69) is 4.98 Å². The Kier molecular flexibility index (Phi) is 3.35. The first-order valence-corrected chi connectivity index (χ1v) is 6.38. The van der Waals surface area contributed by atoms with Gasteiger partial charge in [0.1, 0.15) is 5.65 Å². The number of rotatable bonds is 1. The summed E-state index contributed by atoms with van der Waals surface area (Å²) in [6.07, 6.45) is -6.78.